The molecule has 4 aromatic rings. The average Bonchev–Trinajstić information content (AvgIpc) is 3.27. The fraction of sp³-hybridized carbons (Fsp3) is 0.233. The number of unbranched alkanes of at least 4 members (excludes halogenated alkanes) is 2. The Morgan fingerprint density at radius 1 is 0.821 bits per heavy atom. The van der Waals surface area contributed by atoms with Gasteiger partial charge in [-0.05, 0) is 92.1 Å². The molecule has 0 atom stereocenters. The van der Waals surface area contributed by atoms with Gasteiger partial charge in [-0.2, -0.15) is 0 Å². The zero-order valence-corrected chi connectivity index (χ0v) is 23.7. The van der Waals surface area contributed by atoms with Crippen molar-refractivity contribution >= 4 is 55.9 Å². The van der Waals surface area contributed by atoms with Gasteiger partial charge in [0.05, 0.1) is 12.1 Å². The number of fused-ring (bicyclic) bond motifs is 1. The highest BCUT2D eigenvalue weighted by Gasteiger charge is 2.21. The summed E-state index contributed by atoms with van der Waals surface area (Å²) >= 11 is 3.44. The van der Waals surface area contributed by atoms with Gasteiger partial charge < -0.3 is 15.4 Å². The molecule has 0 spiro atoms. The van der Waals surface area contributed by atoms with Crippen LogP contribution in [0.2, 0.25) is 0 Å². The Kier molecular flexibility index (Phi) is 9.03. The van der Waals surface area contributed by atoms with E-state index in [1.54, 1.807) is 42.5 Å². The van der Waals surface area contributed by atoms with Gasteiger partial charge in [-0.15, -0.1) is 0 Å². The Balaban J connectivity index is 1.49. The third-order valence-corrected chi connectivity index (χ3v) is 6.80. The summed E-state index contributed by atoms with van der Waals surface area (Å²) < 4.78 is 7.83. The van der Waals surface area contributed by atoms with E-state index in [0.29, 0.717) is 34.6 Å². The summed E-state index contributed by atoms with van der Waals surface area (Å²) in [4.78, 5) is 38.9. The number of ether oxygens (including phenoxy) is 1. The molecule has 0 radical (unpaired) electrons. The van der Waals surface area contributed by atoms with E-state index in [1.165, 1.54) is 4.68 Å². The first kappa shape index (κ1) is 27.9. The highest BCUT2D eigenvalue weighted by Crippen LogP contribution is 2.24. The number of carbonyl (C=O) groups is 3. The standard InChI is InChI=1S/C30H31BrN4O4/c1-4-5-6-15-39-25-12-10-23(11-13-25)32-29(37)30(38)34-35-26-14-8-22(31)17-21(26)18-27(35)28(36)33-24-9-7-19(2)20(3)16-24/h7-14,16-18H,4-6,15H2,1-3H3,(H,32,37)(H,33,36)(H,34,38). The Morgan fingerprint density at radius 2 is 1.56 bits per heavy atom. The second-order valence-electron chi connectivity index (χ2n) is 9.30. The number of nitrogens with one attached hydrogen (secondary N) is 3. The number of hydrogen-bond donors (Lipinski definition) is 3. The van der Waals surface area contributed by atoms with E-state index in [1.807, 2.05) is 38.1 Å². The van der Waals surface area contributed by atoms with Crippen LogP contribution in [-0.4, -0.2) is 29.0 Å². The molecule has 9 heteroatoms. The molecule has 0 fully saturated rings. The van der Waals surface area contributed by atoms with Crippen molar-refractivity contribution in [2.75, 3.05) is 22.7 Å². The maximum absolute atomic E-state index is 13.3. The van der Waals surface area contributed by atoms with Crippen LogP contribution in [0.5, 0.6) is 5.75 Å². The number of aromatic nitrogens is 1. The van der Waals surface area contributed by atoms with Crippen LogP contribution in [0, 0.1) is 13.8 Å². The summed E-state index contributed by atoms with van der Waals surface area (Å²) in [6, 6.07) is 19.5. The molecule has 0 saturated carbocycles. The lowest BCUT2D eigenvalue weighted by Crippen LogP contribution is -2.36. The van der Waals surface area contributed by atoms with Crippen molar-refractivity contribution in [1.29, 1.82) is 0 Å². The number of benzene rings is 3. The molecule has 1 heterocycles. The summed E-state index contributed by atoms with van der Waals surface area (Å²) in [7, 11) is 0. The molecule has 3 aromatic carbocycles. The van der Waals surface area contributed by atoms with E-state index in [4.69, 9.17) is 4.74 Å². The number of rotatable bonds is 9. The van der Waals surface area contributed by atoms with Crippen molar-refractivity contribution in [3.8, 4) is 5.75 Å². The number of anilines is 2. The SMILES string of the molecule is CCCCCOc1ccc(NC(=O)C(=O)Nn2c(C(=O)Nc3ccc(C)c(C)c3)cc3cc(Br)ccc32)cc1. The number of carbonyl (C=O) groups excluding carboxylic acids is 3. The minimum atomic E-state index is -0.921. The minimum absolute atomic E-state index is 0.173. The largest absolute Gasteiger partial charge is 0.494 e. The van der Waals surface area contributed by atoms with Gasteiger partial charge in [0.25, 0.3) is 5.91 Å². The second-order valence-corrected chi connectivity index (χ2v) is 10.2. The minimum Gasteiger partial charge on any atom is -0.494 e. The predicted molar refractivity (Wildman–Crippen MR) is 158 cm³/mol. The van der Waals surface area contributed by atoms with Gasteiger partial charge >= 0.3 is 11.8 Å². The molecule has 39 heavy (non-hydrogen) atoms. The molecule has 202 valence electrons. The molecule has 0 saturated heterocycles. The number of halogens is 1. The van der Waals surface area contributed by atoms with Crippen molar-refractivity contribution in [2.24, 2.45) is 0 Å². The predicted octanol–water partition coefficient (Wildman–Crippen LogP) is 6.55. The van der Waals surface area contributed by atoms with E-state index in [-0.39, 0.29) is 5.69 Å². The fourth-order valence-corrected chi connectivity index (χ4v) is 4.38. The van der Waals surface area contributed by atoms with Gasteiger partial charge in [-0.25, -0.2) is 4.68 Å². The molecule has 0 aliphatic heterocycles. The Morgan fingerprint density at radius 3 is 2.28 bits per heavy atom. The molecule has 0 bridgehead atoms. The van der Waals surface area contributed by atoms with Crippen LogP contribution < -0.4 is 20.8 Å². The molecule has 3 N–H and O–H groups in total. The van der Waals surface area contributed by atoms with Gasteiger partial charge in [0.2, 0.25) is 0 Å². The lowest BCUT2D eigenvalue weighted by Gasteiger charge is -2.13. The quantitative estimate of drug-likeness (QED) is 0.152. The smallest absolute Gasteiger partial charge is 0.328 e. The van der Waals surface area contributed by atoms with E-state index in [2.05, 4.69) is 38.9 Å². The summed E-state index contributed by atoms with van der Waals surface area (Å²) in [5, 5.41) is 6.18. The number of hydrogen-bond acceptors (Lipinski definition) is 4. The zero-order chi connectivity index (χ0) is 27.9. The first-order valence-corrected chi connectivity index (χ1v) is 13.6. The van der Waals surface area contributed by atoms with Gasteiger partial charge in [0, 0.05) is 21.2 Å². The van der Waals surface area contributed by atoms with Gasteiger partial charge in [-0.1, -0.05) is 41.8 Å². The van der Waals surface area contributed by atoms with Crippen LogP contribution in [0.25, 0.3) is 10.9 Å². The van der Waals surface area contributed by atoms with Crippen molar-refractivity contribution in [3.63, 3.8) is 0 Å². The van der Waals surface area contributed by atoms with Crippen molar-refractivity contribution in [1.82, 2.24) is 4.68 Å². The maximum Gasteiger partial charge on any atom is 0.328 e. The molecule has 8 nitrogen and oxygen atoms in total. The van der Waals surface area contributed by atoms with E-state index in [9.17, 15) is 14.4 Å². The van der Waals surface area contributed by atoms with Crippen LogP contribution in [0.15, 0.2) is 71.2 Å². The van der Waals surface area contributed by atoms with Gasteiger partial charge in [0.15, 0.2) is 0 Å². The lowest BCUT2D eigenvalue weighted by molar-refractivity contribution is -0.133. The Bertz CT molecular complexity index is 1510. The number of nitrogens with zero attached hydrogens (tertiary/aromatic N) is 1. The Hall–Kier alpha value is -4.11. The van der Waals surface area contributed by atoms with Crippen molar-refractivity contribution in [2.45, 2.75) is 40.0 Å². The fourth-order valence-electron chi connectivity index (χ4n) is 4.00. The molecule has 0 aliphatic rings. The monoisotopic (exact) mass is 590 g/mol. The summed E-state index contributed by atoms with van der Waals surface area (Å²) in [6.07, 6.45) is 3.20. The zero-order valence-electron chi connectivity index (χ0n) is 22.1. The topological polar surface area (TPSA) is 101 Å². The highest BCUT2D eigenvalue weighted by molar-refractivity contribution is 9.10. The molecule has 3 amide bonds. The molecular formula is C30H31BrN4O4. The first-order valence-electron chi connectivity index (χ1n) is 12.8. The third-order valence-electron chi connectivity index (χ3n) is 6.31. The van der Waals surface area contributed by atoms with Gasteiger partial charge in [0.1, 0.15) is 11.4 Å². The summed E-state index contributed by atoms with van der Waals surface area (Å²) in [6.45, 7) is 6.72. The van der Waals surface area contributed by atoms with E-state index >= 15 is 0 Å². The molecule has 0 unspecified atom stereocenters. The van der Waals surface area contributed by atoms with Crippen LogP contribution in [-0.2, 0) is 9.59 Å². The van der Waals surface area contributed by atoms with Crippen molar-refractivity contribution < 1.29 is 19.1 Å². The van der Waals surface area contributed by atoms with E-state index < -0.39 is 17.7 Å². The molecular weight excluding hydrogens is 560 g/mol. The van der Waals surface area contributed by atoms with Gasteiger partial charge in [-0.3, -0.25) is 19.8 Å². The average molecular weight is 592 g/mol. The van der Waals surface area contributed by atoms with Crippen molar-refractivity contribution in [3.05, 3.63) is 88.0 Å². The third kappa shape index (κ3) is 7.06. The lowest BCUT2D eigenvalue weighted by atomic mass is 10.1. The second kappa shape index (κ2) is 12.6. The number of aryl methyl sites for hydroxylation is 2. The number of amides is 3. The van der Waals surface area contributed by atoms with Crippen LogP contribution in [0.3, 0.4) is 0 Å². The molecule has 1 aromatic heterocycles. The summed E-state index contributed by atoms with van der Waals surface area (Å²) in [5.41, 5.74) is 6.54. The van der Waals surface area contributed by atoms with Crippen LogP contribution in [0.4, 0.5) is 11.4 Å². The molecule has 4 rings (SSSR count). The first-order chi connectivity index (χ1) is 18.7. The highest BCUT2D eigenvalue weighted by atomic mass is 79.9. The molecule has 0 aliphatic carbocycles. The Labute approximate surface area is 235 Å². The normalized spacial score (nSPS) is 10.8. The maximum atomic E-state index is 13.3. The van der Waals surface area contributed by atoms with Crippen LogP contribution in [0.1, 0.15) is 47.8 Å². The summed E-state index contributed by atoms with van der Waals surface area (Å²) in [5.74, 6) is -1.53. The van der Waals surface area contributed by atoms with Crippen LogP contribution >= 0.6 is 15.9 Å². The van der Waals surface area contributed by atoms with E-state index in [0.717, 1.165) is 34.9 Å².